The molecule has 2 aromatic heterocycles. The van der Waals surface area contributed by atoms with Crippen LogP contribution in [0.1, 0.15) is 0 Å². The molecule has 2 aromatic carbocycles. The zero-order chi connectivity index (χ0) is 19.7. The second-order valence-corrected chi connectivity index (χ2v) is 8.34. The maximum Gasteiger partial charge on any atom is 0.175 e. The van der Waals surface area contributed by atoms with Gasteiger partial charge in [0.2, 0.25) is 0 Å². The molecule has 0 bridgehead atoms. The maximum absolute atomic E-state index is 11.9. The third kappa shape index (κ3) is 3.54. The Kier molecular flexibility index (Phi) is 4.48. The smallest absolute Gasteiger partial charge is 0.175 e. The molecular formula is C20H18N4O3S. The first-order chi connectivity index (χ1) is 13.4. The van der Waals surface area contributed by atoms with Crippen molar-refractivity contribution in [2.24, 2.45) is 0 Å². The van der Waals surface area contributed by atoms with Crippen LogP contribution in [0.5, 0.6) is 5.75 Å². The van der Waals surface area contributed by atoms with Crippen molar-refractivity contribution in [3.8, 4) is 11.4 Å². The Bertz CT molecular complexity index is 1250. The predicted octanol–water partition coefficient (Wildman–Crippen LogP) is 3.58. The molecule has 0 spiro atoms. The van der Waals surface area contributed by atoms with Crippen molar-refractivity contribution in [3.05, 3.63) is 67.4 Å². The van der Waals surface area contributed by atoms with Crippen LogP contribution in [0, 0.1) is 0 Å². The molecule has 4 rings (SSSR count). The van der Waals surface area contributed by atoms with Crippen LogP contribution in [0.25, 0.3) is 16.6 Å². The topological polar surface area (TPSA) is 86.1 Å². The van der Waals surface area contributed by atoms with Crippen LogP contribution in [0.15, 0.2) is 72.3 Å². The third-order valence-corrected chi connectivity index (χ3v) is 5.46. The van der Waals surface area contributed by atoms with E-state index in [2.05, 4.69) is 15.3 Å². The molecule has 0 amide bonds. The molecule has 0 atom stereocenters. The number of sulfone groups is 1. The minimum absolute atomic E-state index is 0.251. The normalized spacial score (nSPS) is 11.5. The van der Waals surface area contributed by atoms with Gasteiger partial charge in [-0.2, -0.15) is 0 Å². The fourth-order valence-corrected chi connectivity index (χ4v) is 3.60. The summed E-state index contributed by atoms with van der Waals surface area (Å²) in [4.78, 5) is 8.66. The molecule has 4 aromatic rings. The van der Waals surface area contributed by atoms with Gasteiger partial charge in [0.1, 0.15) is 5.75 Å². The number of benzene rings is 2. The first-order valence-electron chi connectivity index (χ1n) is 8.47. The van der Waals surface area contributed by atoms with Crippen LogP contribution in [0.2, 0.25) is 0 Å². The Hall–Kier alpha value is -3.39. The molecule has 0 fully saturated rings. The molecule has 7 nitrogen and oxygen atoms in total. The van der Waals surface area contributed by atoms with E-state index in [1.54, 1.807) is 44.0 Å². The number of nitrogens with one attached hydrogen (secondary N) is 1. The largest absolute Gasteiger partial charge is 0.497 e. The molecule has 0 aliphatic heterocycles. The lowest BCUT2D eigenvalue weighted by Gasteiger charge is -2.13. The van der Waals surface area contributed by atoms with E-state index in [1.165, 1.54) is 6.26 Å². The van der Waals surface area contributed by atoms with Gasteiger partial charge in [-0.1, -0.05) is 0 Å². The van der Waals surface area contributed by atoms with E-state index < -0.39 is 9.84 Å². The van der Waals surface area contributed by atoms with Crippen LogP contribution >= 0.6 is 0 Å². The van der Waals surface area contributed by atoms with Gasteiger partial charge in [0, 0.05) is 53.7 Å². The molecule has 0 saturated carbocycles. The van der Waals surface area contributed by atoms with Crippen molar-refractivity contribution in [1.82, 2.24) is 14.5 Å². The van der Waals surface area contributed by atoms with E-state index >= 15 is 0 Å². The molecule has 2 heterocycles. The monoisotopic (exact) mass is 394 g/mol. The number of methoxy groups -OCH3 is 1. The number of aromatic nitrogens is 3. The Balaban J connectivity index is 1.81. The average Bonchev–Trinajstić information content (AvgIpc) is 3.22. The SMILES string of the molecule is COc1cc(Nc2ccnc3ccc(S(C)(=O)=O)cc23)cc(-n2ccnc2)c1. The average molecular weight is 394 g/mol. The number of nitrogens with zero attached hydrogens (tertiary/aromatic N) is 3. The van der Waals surface area contributed by atoms with Gasteiger partial charge in [0.15, 0.2) is 9.84 Å². The van der Waals surface area contributed by atoms with Gasteiger partial charge in [-0.25, -0.2) is 13.4 Å². The fourth-order valence-electron chi connectivity index (χ4n) is 2.95. The first kappa shape index (κ1) is 18.0. The highest BCUT2D eigenvalue weighted by Crippen LogP contribution is 2.30. The van der Waals surface area contributed by atoms with Crippen molar-refractivity contribution in [2.75, 3.05) is 18.7 Å². The van der Waals surface area contributed by atoms with Crippen molar-refractivity contribution in [1.29, 1.82) is 0 Å². The van der Waals surface area contributed by atoms with Gasteiger partial charge in [0.05, 0.1) is 29.5 Å². The molecule has 0 aliphatic rings. The van der Waals surface area contributed by atoms with E-state index in [9.17, 15) is 8.42 Å². The van der Waals surface area contributed by atoms with Gasteiger partial charge in [-0.15, -0.1) is 0 Å². The zero-order valence-electron chi connectivity index (χ0n) is 15.3. The molecule has 1 N–H and O–H groups in total. The third-order valence-electron chi connectivity index (χ3n) is 4.35. The Morgan fingerprint density at radius 1 is 1.07 bits per heavy atom. The fraction of sp³-hybridized carbons (Fsp3) is 0.100. The molecule has 28 heavy (non-hydrogen) atoms. The Morgan fingerprint density at radius 2 is 1.93 bits per heavy atom. The number of imidazole rings is 1. The van der Waals surface area contributed by atoms with Gasteiger partial charge in [0.25, 0.3) is 0 Å². The number of pyridine rings is 1. The number of anilines is 2. The molecule has 142 valence electrons. The minimum atomic E-state index is -3.32. The number of ether oxygens (including phenoxy) is 1. The van der Waals surface area contributed by atoms with Crippen LogP contribution in [-0.2, 0) is 9.84 Å². The van der Waals surface area contributed by atoms with Crippen molar-refractivity contribution < 1.29 is 13.2 Å². The summed E-state index contributed by atoms with van der Waals surface area (Å²) in [5.74, 6) is 0.684. The molecule has 0 unspecified atom stereocenters. The summed E-state index contributed by atoms with van der Waals surface area (Å²) in [7, 11) is -1.71. The minimum Gasteiger partial charge on any atom is -0.497 e. The lowest BCUT2D eigenvalue weighted by Crippen LogP contribution is -1.99. The van der Waals surface area contributed by atoms with E-state index in [0.29, 0.717) is 11.3 Å². The van der Waals surface area contributed by atoms with Gasteiger partial charge in [-0.05, 0) is 30.3 Å². The summed E-state index contributed by atoms with van der Waals surface area (Å²) in [6, 6.07) is 12.4. The van der Waals surface area contributed by atoms with Crippen LogP contribution in [0.4, 0.5) is 11.4 Å². The van der Waals surface area contributed by atoms with Crippen LogP contribution < -0.4 is 10.1 Å². The first-order valence-corrected chi connectivity index (χ1v) is 10.4. The molecular weight excluding hydrogens is 376 g/mol. The highest BCUT2D eigenvalue weighted by Gasteiger charge is 2.11. The summed E-state index contributed by atoms with van der Waals surface area (Å²) >= 11 is 0. The molecule has 0 radical (unpaired) electrons. The number of fused-ring (bicyclic) bond motifs is 1. The molecule has 8 heteroatoms. The van der Waals surface area contributed by atoms with Crippen molar-refractivity contribution >= 4 is 32.1 Å². The second-order valence-electron chi connectivity index (χ2n) is 6.32. The molecule has 0 saturated heterocycles. The summed E-state index contributed by atoms with van der Waals surface area (Å²) < 4.78 is 31.2. The zero-order valence-corrected chi connectivity index (χ0v) is 16.1. The number of hydrogen-bond donors (Lipinski definition) is 1. The van der Waals surface area contributed by atoms with Crippen molar-refractivity contribution in [2.45, 2.75) is 4.90 Å². The van der Waals surface area contributed by atoms with Gasteiger partial charge < -0.3 is 14.6 Å². The van der Waals surface area contributed by atoms with E-state index in [0.717, 1.165) is 22.4 Å². The van der Waals surface area contributed by atoms with E-state index in [1.807, 2.05) is 35.0 Å². The molecule has 0 aliphatic carbocycles. The maximum atomic E-state index is 11.9. The number of hydrogen-bond acceptors (Lipinski definition) is 6. The summed E-state index contributed by atoms with van der Waals surface area (Å²) in [6.07, 6.45) is 8.13. The lowest BCUT2D eigenvalue weighted by molar-refractivity contribution is 0.415. The highest BCUT2D eigenvalue weighted by molar-refractivity contribution is 7.90. The van der Waals surface area contributed by atoms with Crippen molar-refractivity contribution in [3.63, 3.8) is 0 Å². The predicted molar refractivity (Wildman–Crippen MR) is 108 cm³/mol. The highest BCUT2D eigenvalue weighted by atomic mass is 32.2. The second kappa shape index (κ2) is 6.97. The standard InChI is InChI=1S/C20H18N4O3S/c1-27-16-10-14(9-15(11-16)24-8-7-21-13-24)23-20-5-6-22-19-4-3-17(12-18(19)20)28(2,25)26/h3-13H,1-2H3,(H,22,23). The number of rotatable bonds is 5. The van der Waals surface area contributed by atoms with Gasteiger partial charge in [-0.3, -0.25) is 4.98 Å². The summed E-state index contributed by atoms with van der Waals surface area (Å²) in [6.45, 7) is 0. The lowest BCUT2D eigenvalue weighted by atomic mass is 10.1. The Labute approximate surface area is 162 Å². The van der Waals surface area contributed by atoms with Crippen LogP contribution in [0.3, 0.4) is 0 Å². The Morgan fingerprint density at radius 3 is 2.64 bits per heavy atom. The summed E-state index contributed by atoms with van der Waals surface area (Å²) in [5.41, 5.74) is 3.13. The van der Waals surface area contributed by atoms with Gasteiger partial charge >= 0.3 is 0 Å². The van der Waals surface area contributed by atoms with E-state index in [-0.39, 0.29) is 4.90 Å². The summed E-state index contributed by atoms with van der Waals surface area (Å²) in [5, 5.41) is 4.07. The van der Waals surface area contributed by atoms with Crippen LogP contribution in [-0.4, -0.2) is 36.3 Å². The quantitative estimate of drug-likeness (QED) is 0.557. The van der Waals surface area contributed by atoms with E-state index in [4.69, 9.17) is 4.74 Å².